The number of carbonyl (C=O) groups excluding carboxylic acids is 2. The Morgan fingerprint density at radius 1 is 1.16 bits per heavy atom. The minimum absolute atomic E-state index is 0.0318. The van der Waals surface area contributed by atoms with Gasteiger partial charge in [-0.05, 0) is 60.3 Å². The molecule has 1 aliphatic rings. The first-order chi connectivity index (χ1) is 11.9. The van der Waals surface area contributed by atoms with Crippen LogP contribution in [-0.4, -0.2) is 26.3 Å². The Balaban J connectivity index is 1.76. The van der Waals surface area contributed by atoms with Gasteiger partial charge in [0, 0.05) is 5.56 Å². The topological polar surface area (TPSA) is 69.6 Å². The van der Waals surface area contributed by atoms with Crippen LogP contribution in [0, 0.1) is 5.82 Å². The molecule has 1 fully saturated rings. The number of thiocarbonyl (C=S) groups is 1. The van der Waals surface area contributed by atoms with Crippen LogP contribution >= 0.6 is 24.0 Å². The molecule has 25 heavy (non-hydrogen) atoms. The Kier molecular flexibility index (Phi) is 4.82. The predicted molar refractivity (Wildman–Crippen MR) is 97.0 cm³/mol. The van der Waals surface area contributed by atoms with E-state index in [1.807, 2.05) is 0 Å². The smallest absolute Gasteiger partial charge is 0.285 e. The van der Waals surface area contributed by atoms with Gasteiger partial charge in [0.15, 0.2) is 4.32 Å². The number of thioether (sulfide) groups is 1. The van der Waals surface area contributed by atoms with E-state index in [1.54, 1.807) is 6.08 Å². The van der Waals surface area contributed by atoms with Gasteiger partial charge in [0.2, 0.25) is 0 Å². The molecule has 0 atom stereocenters. The highest BCUT2D eigenvalue weighted by Crippen LogP contribution is 2.31. The molecule has 0 bridgehead atoms. The molecule has 126 valence electrons. The summed E-state index contributed by atoms with van der Waals surface area (Å²) in [6.45, 7) is 0. The zero-order valence-corrected chi connectivity index (χ0v) is 14.2. The zero-order valence-electron chi connectivity index (χ0n) is 12.6. The van der Waals surface area contributed by atoms with E-state index in [4.69, 9.17) is 12.2 Å². The minimum atomic E-state index is -0.528. The lowest BCUT2D eigenvalue weighted by Gasteiger charge is -2.15. The normalized spacial score (nSPS) is 15.7. The highest BCUT2D eigenvalue weighted by Gasteiger charge is 2.33. The van der Waals surface area contributed by atoms with Gasteiger partial charge in [0.25, 0.3) is 11.8 Å². The predicted octanol–water partition coefficient (Wildman–Crippen LogP) is 3.08. The summed E-state index contributed by atoms with van der Waals surface area (Å²) in [6.07, 6.45) is 1.57. The monoisotopic (exact) mass is 374 g/mol. The number of nitrogens with zero attached hydrogens (tertiary/aromatic N) is 1. The van der Waals surface area contributed by atoms with Gasteiger partial charge in [-0.15, -0.1) is 0 Å². The van der Waals surface area contributed by atoms with Crippen LogP contribution in [0.1, 0.15) is 15.9 Å². The molecule has 1 saturated heterocycles. The van der Waals surface area contributed by atoms with E-state index in [0.717, 1.165) is 16.8 Å². The van der Waals surface area contributed by atoms with Gasteiger partial charge in [-0.3, -0.25) is 15.0 Å². The molecule has 0 radical (unpaired) electrons. The Hall–Kier alpha value is -2.71. The van der Waals surface area contributed by atoms with Crippen molar-refractivity contribution in [3.8, 4) is 5.75 Å². The maximum absolute atomic E-state index is 12.9. The summed E-state index contributed by atoms with van der Waals surface area (Å²) in [5.74, 6) is -1.33. The van der Waals surface area contributed by atoms with E-state index in [9.17, 15) is 19.1 Å². The van der Waals surface area contributed by atoms with Crippen molar-refractivity contribution >= 4 is 46.2 Å². The fraction of sp³-hybridized carbons (Fsp3) is 0. The molecule has 8 heteroatoms. The standard InChI is InChI=1S/C17H11FN2O3S2/c18-12-5-1-10(2-6-12)9-14-16(23)20(17(24)25-14)19-15(22)11-3-7-13(21)8-4-11/h1-9,21H,(H,19,22). The maximum Gasteiger partial charge on any atom is 0.285 e. The van der Waals surface area contributed by atoms with Gasteiger partial charge in [-0.1, -0.05) is 23.9 Å². The number of phenols is 1. The van der Waals surface area contributed by atoms with Crippen molar-refractivity contribution in [3.05, 3.63) is 70.4 Å². The SMILES string of the molecule is O=C(NN1C(=O)C(=Cc2ccc(F)cc2)SC1=S)c1ccc(O)cc1. The minimum Gasteiger partial charge on any atom is -0.508 e. The van der Waals surface area contributed by atoms with E-state index in [2.05, 4.69) is 5.43 Å². The van der Waals surface area contributed by atoms with Gasteiger partial charge in [-0.2, -0.15) is 5.01 Å². The average molecular weight is 374 g/mol. The third-order valence-electron chi connectivity index (χ3n) is 3.30. The van der Waals surface area contributed by atoms with Crippen molar-refractivity contribution in [2.75, 3.05) is 0 Å². The summed E-state index contributed by atoms with van der Waals surface area (Å²) in [5, 5.41) is 10.2. The van der Waals surface area contributed by atoms with Crippen LogP contribution < -0.4 is 5.43 Å². The van der Waals surface area contributed by atoms with Crippen LogP contribution in [0.25, 0.3) is 6.08 Å². The molecule has 0 aliphatic carbocycles. The first-order valence-electron chi connectivity index (χ1n) is 7.07. The van der Waals surface area contributed by atoms with Crippen molar-refractivity contribution < 1.29 is 19.1 Å². The molecule has 2 amide bonds. The second kappa shape index (κ2) is 7.04. The van der Waals surface area contributed by atoms with E-state index in [1.165, 1.54) is 48.5 Å². The van der Waals surface area contributed by atoms with Crippen LogP contribution in [-0.2, 0) is 4.79 Å². The lowest BCUT2D eigenvalue weighted by atomic mass is 10.2. The lowest BCUT2D eigenvalue weighted by Crippen LogP contribution is -2.44. The van der Waals surface area contributed by atoms with E-state index in [0.29, 0.717) is 10.5 Å². The van der Waals surface area contributed by atoms with Gasteiger partial charge in [0.05, 0.1) is 4.91 Å². The van der Waals surface area contributed by atoms with E-state index in [-0.39, 0.29) is 21.5 Å². The van der Waals surface area contributed by atoms with Crippen molar-refractivity contribution in [1.29, 1.82) is 0 Å². The highest BCUT2D eigenvalue weighted by atomic mass is 32.2. The number of hydrazine groups is 1. The number of halogens is 1. The fourth-order valence-corrected chi connectivity index (χ4v) is 3.23. The third-order valence-corrected chi connectivity index (χ3v) is 4.61. The lowest BCUT2D eigenvalue weighted by molar-refractivity contribution is -0.123. The second-order valence-corrected chi connectivity index (χ2v) is 6.73. The molecule has 1 heterocycles. The molecule has 3 rings (SSSR count). The average Bonchev–Trinajstić information content (AvgIpc) is 2.85. The first-order valence-corrected chi connectivity index (χ1v) is 8.30. The van der Waals surface area contributed by atoms with Crippen LogP contribution in [0.15, 0.2) is 53.4 Å². The summed E-state index contributed by atoms with van der Waals surface area (Å²) in [7, 11) is 0. The number of hydrogen-bond acceptors (Lipinski definition) is 5. The van der Waals surface area contributed by atoms with Crippen LogP contribution in [0.4, 0.5) is 4.39 Å². The molecule has 0 spiro atoms. The van der Waals surface area contributed by atoms with Crippen LogP contribution in [0.2, 0.25) is 0 Å². The van der Waals surface area contributed by atoms with Crippen LogP contribution in [0.5, 0.6) is 5.75 Å². The van der Waals surface area contributed by atoms with Gasteiger partial charge in [-0.25, -0.2) is 4.39 Å². The third kappa shape index (κ3) is 3.86. The molecule has 2 aromatic rings. The Morgan fingerprint density at radius 2 is 1.80 bits per heavy atom. The zero-order chi connectivity index (χ0) is 18.0. The summed E-state index contributed by atoms with van der Waals surface area (Å²) in [6, 6.07) is 11.3. The number of aromatic hydroxyl groups is 1. The van der Waals surface area contributed by atoms with E-state index < -0.39 is 11.8 Å². The van der Waals surface area contributed by atoms with Crippen molar-refractivity contribution in [2.45, 2.75) is 0 Å². The van der Waals surface area contributed by atoms with Crippen LogP contribution in [0.3, 0.4) is 0 Å². The molecular weight excluding hydrogens is 363 g/mol. The Morgan fingerprint density at radius 3 is 2.44 bits per heavy atom. The number of nitrogens with one attached hydrogen (secondary N) is 1. The summed E-state index contributed by atoms with van der Waals surface area (Å²) in [4.78, 5) is 24.9. The summed E-state index contributed by atoms with van der Waals surface area (Å²) in [5.41, 5.74) is 3.36. The van der Waals surface area contributed by atoms with E-state index >= 15 is 0 Å². The molecule has 0 unspecified atom stereocenters. The van der Waals surface area contributed by atoms with Crippen molar-refractivity contribution in [3.63, 3.8) is 0 Å². The van der Waals surface area contributed by atoms with Gasteiger partial charge >= 0.3 is 0 Å². The number of hydrogen-bond donors (Lipinski definition) is 2. The second-order valence-electron chi connectivity index (χ2n) is 5.06. The number of amides is 2. The molecule has 2 aromatic carbocycles. The van der Waals surface area contributed by atoms with Gasteiger partial charge < -0.3 is 5.11 Å². The molecule has 0 saturated carbocycles. The van der Waals surface area contributed by atoms with Crippen molar-refractivity contribution in [1.82, 2.24) is 10.4 Å². The maximum atomic E-state index is 12.9. The van der Waals surface area contributed by atoms with Gasteiger partial charge in [0.1, 0.15) is 11.6 Å². The Labute approximate surface area is 152 Å². The highest BCUT2D eigenvalue weighted by molar-refractivity contribution is 8.26. The number of benzene rings is 2. The number of phenolic OH excluding ortho intramolecular Hbond substituents is 1. The molecular formula is C17H11FN2O3S2. The van der Waals surface area contributed by atoms with Crippen molar-refractivity contribution in [2.24, 2.45) is 0 Å². The quantitative estimate of drug-likeness (QED) is 0.638. The largest absolute Gasteiger partial charge is 0.508 e. The number of rotatable bonds is 3. The molecule has 0 aromatic heterocycles. The Bertz CT molecular complexity index is 880. The summed E-state index contributed by atoms with van der Waals surface area (Å²) < 4.78 is 13.1. The molecule has 2 N–H and O–H groups in total. The fourth-order valence-electron chi connectivity index (χ4n) is 2.05. The first kappa shape index (κ1) is 17.1. The molecule has 1 aliphatic heterocycles. The number of carbonyl (C=O) groups is 2. The summed E-state index contributed by atoms with van der Waals surface area (Å²) >= 11 is 6.17. The molecule has 5 nitrogen and oxygen atoms in total.